The molecule has 0 bridgehead atoms. The molecule has 0 fully saturated rings. The molecule has 0 atom stereocenters. The van der Waals surface area contributed by atoms with Crippen molar-refractivity contribution in [2.45, 2.75) is 25.7 Å². The number of ketones is 1. The molecule has 0 amide bonds. The molecule has 0 unspecified atom stereocenters. The summed E-state index contributed by atoms with van der Waals surface area (Å²) < 4.78 is 19.0. The predicted molar refractivity (Wildman–Crippen MR) is 105 cm³/mol. The van der Waals surface area contributed by atoms with E-state index in [0.717, 1.165) is 37.2 Å². The summed E-state index contributed by atoms with van der Waals surface area (Å²) in [4.78, 5) is 12.5. The number of Topliss-reactive ketones (excluding diaryl/α,β-unsaturated/α-hetero) is 1. The minimum atomic E-state index is -0.377. The van der Waals surface area contributed by atoms with Crippen LogP contribution in [0.1, 0.15) is 40.7 Å². The molecule has 0 saturated carbocycles. The summed E-state index contributed by atoms with van der Waals surface area (Å²) in [6, 6.07) is 12.3. The zero-order valence-electron chi connectivity index (χ0n) is 15.1. The summed E-state index contributed by atoms with van der Waals surface area (Å²) >= 11 is 0. The molecule has 2 nitrogen and oxygen atoms in total. The van der Waals surface area contributed by atoms with Crippen molar-refractivity contribution < 1.29 is 13.9 Å². The molecule has 0 spiro atoms. The van der Waals surface area contributed by atoms with E-state index in [0.29, 0.717) is 12.0 Å². The van der Waals surface area contributed by atoms with Crippen molar-refractivity contribution in [3.05, 3.63) is 94.8 Å². The number of ether oxygens (including phenoxy) is 1. The zero-order chi connectivity index (χ0) is 18.6. The van der Waals surface area contributed by atoms with Crippen molar-refractivity contribution >= 4 is 11.4 Å². The van der Waals surface area contributed by atoms with Gasteiger partial charge < -0.3 is 4.74 Å². The van der Waals surface area contributed by atoms with E-state index in [-0.39, 0.29) is 11.6 Å². The van der Waals surface area contributed by atoms with Crippen molar-refractivity contribution in [1.82, 2.24) is 0 Å². The SMILES string of the molecule is O=C(C/C1=C/C=C/C=C(c2ccc3c(c2)CCO3)CC1)c1cccc(F)c1. The highest BCUT2D eigenvalue weighted by Gasteiger charge is 2.15. The van der Waals surface area contributed by atoms with E-state index in [1.165, 1.54) is 28.8 Å². The molecular formula is C24H21FO2. The van der Waals surface area contributed by atoms with Gasteiger partial charge in [0.15, 0.2) is 5.78 Å². The Balaban J connectivity index is 1.46. The quantitative estimate of drug-likeness (QED) is 0.655. The van der Waals surface area contributed by atoms with Crippen LogP contribution in [0, 0.1) is 5.82 Å². The Kier molecular flexibility index (Phi) is 5.01. The highest BCUT2D eigenvalue weighted by atomic mass is 19.1. The summed E-state index contributed by atoms with van der Waals surface area (Å²) in [6.07, 6.45) is 11.1. The van der Waals surface area contributed by atoms with E-state index in [1.807, 2.05) is 24.3 Å². The average molecular weight is 360 g/mol. The van der Waals surface area contributed by atoms with Crippen LogP contribution in [0.5, 0.6) is 5.75 Å². The minimum absolute atomic E-state index is 0.0464. The predicted octanol–water partition coefficient (Wildman–Crippen LogP) is 5.69. The lowest BCUT2D eigenvalue weighted by molar-refractivity contribution is 0.0991. The first kappa shape index (κ1) is 17.5. The third-order valence-corrected chi connectivity index (χ3v) is 5.05. The smallest absolute Gasteiger partial charge is 0.167 e. The average Bonchev–Trinajstić information content (AvgIpc) is 3.12. The Morgan fingerprint density at radius 1 is 1.00 bits per heavy atom. The summed E-state index contributed by atoms with van der Waals surface area (Å²) in [5.74, 6) is 0.565. The van der Waals surface area contributed by atoms with Gasteiger partial charge in [0.1, 0.15) is 11.6 Å². The molecule has 1 aliphatic heterocycles. The first-order valence-electron chi connectivity index (χ1n) is 9.29. The monoisotopic (exact) mass is 360 g/mol. The van der Waals surface area contributed by atoms with Crippen LogP contribution >= 0.6 is 0 Å². The second-order valence-electron chi connectivity index (χ2n) is 6.93. The normalized spacial score (nSPS) is 19.0. The maximum absolute atomic E-state index is 13.4. The first-order valence-corrected chi connectivity index (χ1v) is 9.29. The molecule has 27 heavy (non-hydrogen) atoms. The molecule has 2 aromatic carbocycles. The molecule has 0 aromatic heterocycles. The fraction of sp³-hybridized carbons (Fsp3) is 0.208. The van der Waals surface area contributed by atoms with Crippen molar-refractivity contribution in [3.63, 3.8) is 0 Å². The summed E-state index contributed by atoms with van der Waals surface area (Å²) in [5.41, 5.74) is 5.22. The Morgan fingerprint density at radius 2 is 1.89 bits per heavy atom. The fourth-order valence-electron chi connectivity index (χ4n) is 3.57. The van der Waals surface area contributed by atoms with E-state index in [4.69, 9.17) is 4.74 Å². The van der Waals surface area contributed by atoms with Crippen LogP contribution in [-0.4, -0.2) is 12.4 Å². The van der Waals surface area contributed by atoms with E-state index >= 15 is 0 Å². The van der Waals surface area contributed by atoms with Gasteiger partial charge in [0.05, 0.1) is 6.61 Å². The topological polar surface area (TPSA) is 26.3 Å². The summed E-state index contributed by atoms with van der Waals surface area (Å²) in [5, 5.41) is 0. The Bertz CT molecular complexity index is 966. The van der Waals surface area contributed by atoms with E-state index in [9.17, 15) is 9.18 Å². The molecular weight excluding hydrogens is 339 g/mol. The van der Waals surface area contributed by atoms with Crippen molar-refractivity contribution in [1.29, 1.82) is 0 Å². The first-order chi connectivity index (χ1) is 13.2. The van der Waals surface area contributed by atoms with Crippen LogP contribution < -0.4 is 4.74 Å². The molecule has 0 N–H and O–H groups in total. The molecule has 4 rings (SSSR count). The van der Waals surface area contributed by atoms with E-state index in [2.05, 4.69) is 18.2 Å². The third kappa shape index (κ3) is 4.08. The fourth-order valence-corrected chi connectivity index (χ4v) is 3.57. The van der Waals surface area contributed by atoms with Crippen LogP contribution in [-0.2, 0) is 6.42 Å². The minimum Gasteiger partial charge on any atom is -0.493 e. The molecule has 2 aromatic rings. The Labute approximate surface area is 158 Å². The van der Waals surface area contributed by atoms with Gasteiger partial charge in [-0.3, -0.25) is 4.79 Å². The number of allylic oxidation sites excluding steroid dienone is 6. The number of benzene rings is 2. The standard InChI is InChI=1S/C24H21FO2/c25-22-7-3-6-20(16-22)23(26)14-17-4-1-2-5-18(9-8-17)19-10-11-24-21(15-19)12-13-27-24/h1-7,10-11,15-16H,8-9,12-14H2/b2-1+,17-4+,18-5?. The summed E-state index contributed by atoms with van der Waals surface area (Å²) in [6.45, 7) is 0.757. The van der Waals surface area contributed by atoms with Gasteiger partial charge in [-0.1, -0.05) is 48.1 Å². The molecule has 0 radical (unpaired) electrons. The van der Waals surface area contributed by atoms with Gasteiger partial charge in [0, 0.05) is 18.4 Å². The van der Waals surface area contributed by atoms with Gasteiger partial charge in [-0.15, -0.1) is 0 Å². The molecule has 3 heteroatoms. The summed E-state index contributed by atoms with van der Waals surface area (Å²) in [7, 11) is 0. The van der Waals surface area contributed by atoms with Crippen LogP contribution in [0.15, 0.2) is 72.3 Å². The van der Waals surface area contributed by atoms with Crippen molar-refractivity contribution in [2.75, 3.05) is 6.61 Å². The molecule has 136 valence electrons. The van der Waals surface area contributed by atoms with Crippen LogP contribution in [0.2, 0.25) is 0 Å². The van der Waals surface area contributed by atoms with E-state index in [1.54, 1.807) is 12.1 Å². The lowest BCUT2D eigenvalue weighted by Gasteiger charge is -2.13. The van der Waals surface area contributed by atoms with Crippen LogP contribution in [0.25, 0.3) is 5.57 Å². The van der Waals surface area contributed by atoms with Gasteiger partial charge in [0.25, 0.3) is 0 Å². The van der Waals surface area contributed by atoms with Crippen molar-refractivity contribution in [3.8, 4) is 5.75 Å². The van der Waals surface area contributed by atoms with Crippen LogP contribution in [0.3, 0.4) is 0 Å². The van der Waals surface area contributed by atoms with Gasteiger partial charge in [-0.05, 0) is 53.8 Å². The maximum Gasteiger partial charge on any atom is 0.167 e. The number of hydrogen-bond acceptors (Lipinski definition) is 2. The van der Waals surface area contributed by atoms with Crippen molar-refractivity contribution in [2.24, 2.45) is 0 Å². The largest absolute Gasteiger partial charge is 0.493 e. The van der Waals surface area contributed by atoms with Gasteiger partial charge >= 0.3 is 0 Å². The number of hydrogen-bond donors (Lipinski definition) is 0. The van der Waals surface area contributed by atoms with E-state index < -0.39 is 0 Å². The van der Waals surface area contributed by atoms with Crippen LogP contribution in [0.4, 0.5) is 4.39 Å². The molecule has 1 aliphatic carbocycles. The Morgan fingerprint density at radius 3 is 2.78 bits per heavy atom. The number of carbonyl (C=O) groups is 1. The zero-order valence-corrected chi connectivity index (χ0v) is 15.1. The van der Waals surface area contributed by atoms with Gasteiger partial charge in [-0.25, -0.2) is 4.39 Å². The van der Waals surface area contributed by atoms with Gasteiger partial charge in [0.2, 0.25) is 0 Å². The maximum atomic E-state index is 13.4. The number of fused-ring (bicyclic) bond motifs is 1. The van der Waals surface area contributed by atoms with Gasteiger partial charge in [-0.2, -0.15) is 0 Å². The highest BCUT2D eigenvalue weighted by Crippen LogP contribution is 2.31. The highest BCUT2D eigenvalue weighted by molar-refractivity contribution is 5.97. The molecule has 0 saturated heterocycles. The lowest BCUT2D eigenvalue weighted by Crippen LogP contribution is -2.02. The molecule has 1 heterocycles. The number of carbonyl (C=O) groups excluding carboxylic acids is 1. The third-order valence-electron chi connectivity index (χ3n) is 5.05. The Hall–Kier alpha value is -2.94. The second-order valence-corrected chi connectivity index (χ2v) is 6.93. The lowest BCUT2D eigenvalue weighted by atomic mass is 9.92. The molecule has 2 aliphatic rings. The number of halogens is 1. The second kappa shape index (κ2) is 7.75. The number of rotatable bonds is 4.